The van der Waals surface area contributed by atoms with Crippen molar-refractivity contribution in [3.8, 4) is 0 Å². The summed E-state index contributed by atoms with van der Waals surface area (Å²) >= 11 is 0. The lowest BCUT2D eigenvalue weighted by Crippen LogP contribution is -2.17. The maximum Gasteiger partial charge on any atom is 0.274 e. The van der Waals surface area contributed by atoms with Crippen LogP contribution in [0, 0.1) is 20.8 Å². The van der Waals surface area contributed by atoms with E-state index in [1.54, 1.807) is 0 Å². The number of aromatic nitrogens is 2. The summed E-state index contributed by atoms with van der Waals surface area (Å²) in [6, 6.07) is 9.88. The highest BCUT2D eigenvalue weighted by Crippen LogP contribution is 2.21. The van der Waals surface area contributed by atoms with E-state index in [4.69, 9.17) is 0 Å². The SMILES string of the molecule is CCc1nc2ccc(C)cn2c1C(=O)Nc1cccc(C)c1C. The summed E-state index contributed by atoms with van der Waals surface area (Å²) in [6.07, 6.45) is 2.68. The number of carbonyl (C=O) groups is 1. The number of fused-ring (bicyclic) bond motifs is 1. The van der Waals surface area contributed by atoms with Crippen LogP contribution in [0.4, 0.5) is 5.69 Å². The van der Waals surface area contributed by atoms with Crippen molar-refractivity contribution in [2.45, 2.75) is 34.1 Å². The molecule has 0 saturated heterocycles. The molecule has 0 unspecified atom stereocenters. The summed E-state index contributed by atoms with van der Waals surface area (Å²) < 4.78 is 1.88. The van der Waals surface area contributed by atoms with E-state index in [1.165, 1.54) is 0 Å². The van der Waals surface area contributed by atoms with Crippen LogP contribution in [-0.2, 0) is 6.42 Å². The smallest absolute Gasteiger partial charge is 0.274 e. The predicted molar refractivity (Wildman–Crippen MR) is 93.2 cm³/mol. The molecule has 1 amide bonds. The number of anilines is 1. The van der Waals surface area contributed by atoms with Gasteiger partial charge in [-0.15, -0.1) is 0 Å². The minimum absolute atomic E-state index is 0.117. The first-order chi connectivity index (χ1) is 11.0. The molecule has 0 spiro atoms. The van der Waals surface area contributed by atoms with E-state index in [0.717, 1.165) is 40.1 Å². The molecule has 23 heavy (non-hydrogen) atoms. The van der Waals surface area contributed by atoms with Gasteiger partial charge in [0.2, 0.25) is 0 Å². The molecule has 4 heteroatoms. The van der Waals surface area contributed by atoms with E-state index in [0.29, 0.717) is 5.69 Å². The third-order valence-electron chi connectivity index (χ3n) is 4.24. The van der Waals surface area contributed by atoms with Gasteiger partial charge in [-0.25, -0.2) is 4.98 Å². The van der Waals surface area contributed by atoms with Gasteiger partial charge in [0, 0.05) is 11.9 Å². The summed E-state index contributed by atoms with van der Waals surface area (Å²) in [7, 11) is 0. The second kappa shape index (κ2) is 5.88. The normalized spacial score (nSPS) is 11.0. The molecular formula is C19H21N3O. The molecule has 0 fully saturated rings. The number of amides is 1. The van der Waals surface area contributed by atoms with Gasteiger partial charge in [0.05, 0.1) is 5.69 Å². The Morgan fingerprint density at radius 1 is 1.17 bits per heavy atom. The molecule has 0 aliphatic carbocycles. The first-order valence-corrected chi connectivity index (χ1v) is 7.86. The van der Waals surface area contributed by atoms with Gasteiger partial charge >= 0.3 is 0 Å². The molecule has 3 aromatic rings. The first-order valence-electron chi connectivity index (χ1n) is 7.86. The second-order valence-corrected chi connectivity index (χ2v) is 5.90. The molecule has 0 bridgehead atoms. The van der Waals surface area contributed by atoms with Crippen LogP contribution in [0.25, 0.3) is 5.65 Å². The van der Waals surface area contributed by atoms with Crippen molar-refractivity contribution < 1.29 is 4.79 Å². The van der Waals surface area contributed by atoms with E-state index < -0.39 is 0 Å². The maximum absolute atomic E-state index is 12.9. The molecule has 2 heterocycles. The van der Waals surface area contributed by atoms with Crippen LogP contribution in [0.2, 0.25) is 0 Å². The Bertz CT molecular complexity index is 893. The highest BCUT2D eigenvalue weighted by atomic mass is 16.2. The number of nitrogens with one attached hydrogen (secondary N) is 1. The molecule has 3 rings (SSSR count). The average molecular weight is 307 g/mol. The summed E-state index contributed by atoms with van der Waals surface area (Å²) in [5, 5.41) is 3.04. The molecule has 0 atom stereocenters. The van der Waals surface area contributed by atoms with Crippen LogP contribution < -0.4 is 5.32 Å². The summed E-state index contributed by atoms with van der Waals surface area (Å²) in [4.78, 5) is 17.4. The second-order valence-electron chi connectivity index (χ2n) is 5.90. The molecule has 1 N–H and O–H groups in total. The van der Waals surface area contributed by atoms with Crippen LogP contribution in [0.15, 0.2) is 36.5 Å². The largest absolute Gasteiger partial charge is 0.320 e. The average Bonchev–Trinajstić information content (AvgIpc) is 2.89. The molecule has 1 aromatic carbocycles. The zero-order valence-corrected chi connectivity index (χ0v) is 14.0. The van der Waals surface area contributed by atoms with Crippen LogP contribution in [0.3, 0.4) is 0 Å². The number of nitrogens with zero attached hydrogens (tertiary/aromatic N) is 2. The van der Waals surface area contributed by atoms with Crippen LogP contribution in [-0.4, -0.2) is 15.3 Å². The number of benzene rings is 1. The lowest BCUT2D eigenvalue weighted by Gasteiger charge is -2.11. The molecule has 118 valence electrons. The minimum Gasteiger partial charge on any atom is -0.320 e. The van der Waals surface area contributed by atoms with E-state index in [2.05, 4.69) is 10.3 Å². The quantitative estimate of drug-likeness (QED) is 0.792. The van der Waals surface area contributed by atoms with Crippen LogP contribution >= 0.6 is 0 Å². The predicted octanol–water partition coefficient (Wildman–Crippen LogP) is 4.07. The van der Waals surface area contributed by atoms with E-state index >= 15 is 0 Å². The topological polar surface area (TPSA) is 46.4 Å². The molecule has 0 aliphatic rings. The van der Waals surface area contributed by atoms with Crippen molar-refractivity contribution in [1.82, 2.24) is 9.38 Å². The van der Waals surface area contributed by atoms with Gasteiger partial charge in [-0.1, -0.05) is 25.1 Å². The third kappa shape index (κ3) is 2.72. The van der Waals surface area contributed by atoms with Crippen molar-refractivity contribution in [1.29, 1.82) is 0 Å². The Labute approximate surface area is 136 Å². The van der Waals surface area contributed by atoms with Crippen molar-refractivity contribution in [2.75, 3.05) is 5.32 Å². The summed E-state index contributed by atoms with van der Waals surface area (Å²) in [5.74, 6) is -0.117. The molecule has 4 nitrogen and oxygen atoms in total. The number of imidazole rings is 1. The Morgan fingerprint density at radius 2 is 1.96 bits per heavy atom. The van der Waals surface area contributed by atoms with E-state index in [-0.39, 0.29) is 5.91 Å². The maximum atomic E-state index is 12.9. The van der Waals surface area contributed by atoms with Gasteiger partial charge in [-0.2, -0.15) is 0 Å². The fraction of sp³-hybridized carbons (Fsp3) is 0.263. The molecule has 0 saturated carbocycles. The van der Waals surface area contributed by atoms with Crippen molar-refractivity contribution >= 4 is 17.2 Å². The number of rotatable bonds is 3. The molecular weight excluding hydrogens is 286 g/mol. The fourth-order valence-electron chi connectivity index (χ4n) is 2.75. The number of aryl methyl sites for hydroxylation is 3. The van der Waals surface area contributed by atoms with Gasteiger partial charge in [0.1, 0.15) is 11.3 Å². The monoisotopic (exact) mass is 307 g/mol. The minimum atomic E-state index is -0.117. The summed E-state index contributed by atoms with van der Waals surface area (Å²) in [6.45, 7) is 8.09. The van der Waals surface area contributed by atoms with Gasteiger partial charge < -0.3 is 5.32 Å². The molecule has 0 aliphatic heterocycles. The Morgan fingerprint density at radius 3 is 2.70 bits per heavy atom. The van der Waals surface area contributed by atoms with E-state index in [1.807, 2.05) is 68.6 Å². The Kier molecular flexibility index (Phi) is 3.90. The van der Waals surface area contributed by atoms with Gasteiger partial charge in [-0.05, 0) is 56.0 Å². The van der Waals surface area contributed by atoms with Crippen LogP contribution in [0.1, 0.15) is 39.8 Å². The van der Waals surface area contributed by atoms with Gasteiger partial charge in [0.25, 0.3) is 5.91 Å². The van der Waals surface area contributed by atoms with Gasteiger partial charge in [0.15, 0.2) is 0 Å². The summed E-state index contributed by atoms with van der Waals surface area (Å²) in [5.41, 5.74) is 6.43. The molecule has 0 radical (unpaired) electrons. The highest BCUT2D eigenvalue weighted by Gasteiger charge is 2.19. The van der Waals surface area contributed by atoms with Crippen molar-refractivity contribution in [2.24, 2.45) is 0 Å². The third-order valence-corrected chi connectivity index (χ3v) is 4.24. The van der Waals surface area contributed by atoms with Crippen molar-refractivity contribution in [3.63, 3.8) is 0 Å². The Hall–Kier alpha value is -2.62. The number of carbonyl (C=O) groups excluding carboxylic acids is 1. The zero-order valence-electron chi connectivity index (χ0n) is 14.0. The van der Waals surface area contributed by atoms with Crippen LogP contribution in [0.5, 0.6) is 0 Å². The number of hydrogen-bond donors (Lipinski definition) is 1. The zero-order chi connectivity index (χ0) is 16.6. The first kappa shape index (κ1) is 15.3. The van der Waals surface area contributed by atoms with E-state index in [9.17, 15) is 4.79 Å². The molecule has 2 aromatic heterocycles. The number of hydrogen-bond acceptors (Lipinski definition) is 2. The highest BCUT2D eigenvalue weighted by molar-refractivity contribution is 6.05. The standard InChI is InChI=1S/C19H21N3O/c1-5-15-18(22-11-12(2)9-10-17(22)20-15)19(23)21-16-8-6-7-13(3)14(16)4/h6-11H,5H2,1-4H3,(H,21,23). The van der Waals surface area contributed by atoms with Gasteiger partial charge in [-0.3, -0.25) is 9.20 Å². The van der Waals surface area contributed by atoms with Crippen molar-refractivity contribution in [3.05, 3.63) is 64.6 Å². The fourth-order valence-corrected chi connectivity index (χ4v) is 2.75. The number of pyridine rings is 1. The lowest BCUT2D eigenvalue weighted by molar-refractivity contribution is 0.102. The Balaban J connectivity index is 2.06. The lowest BCUT2D eigenvalue weighted by atomic mass is 10.1.